The third-order valence-electron chi connectivity index (χ3n) is 10.1. The van der Waals surface area contributed by atoms with Gasteiger partial charge in [0.05, 0.1) is 39.0 Å². The molecule has 0 amide bonds. The second-order valence-electron chi connectivity index (χ2n) is 15.4. The first-order valence-electron chi connectivity index (χ1n) is 17.1. The van der Waals surface area contributed by atoms with Gasteiger partial charge in [-0.1, -0.05) is 90.1 Å². The van der Waals surface area contributed by atoms with E-state index in [9.17, 15) is 9.65 Å². The molecule has 0 spiro atoms. The molecule has 8 aromatic rings. The topological polar surface area (TPSA) is 33.6 Å². The molecule has 0 aliphatic heterocycles. The Balaban J connectivity index is 1.55. The van der Waals surface area contributed by atoms with E-state index in [0.717, 1.165) is 54.7 Å². The van der Waals surface area contributed by atoms with Crippen LogP contribution in [0.15, 0.2) is 109 Å². The van der Waals surface area contributed by atoms with Gasteiger partial charge >= 0.3 is 0 Å². The first-order valence-corrected chi connectivity index (χ1v) is 17.1. The highest BCUT2D eigenvalue weighted by atomic mass is 19.1. The first-order chi connectivity index (χ1) is 24.3. The summed E-state index contributed by atoms with van der Waals surface area (Å²) in [5.41, 5.74) is 6.54. The monoisotopic (exact) mass is 675 g/mol. The molecule has 0 radical (unpaired) electrons. The van der Waals surface area contributed by atoms with Crippen LogP contribution in [-0.4, -0.2) is 9.13 Å². The summed E-state index contributed by atoms with van der Waals surface area (Å²) in [6.07, 6.45) is 0. The summed E-state index contributed by atoms with van der Waals surface area (Å²) < 4.78 is 49.6. The van der Waals surface area contributed by atoms with Crippen LogP contribution in [0.25, 0.3) is 66.1 Å². The van der Waals surface area contributed by atoms with Crippen molar-refractivity contribution in [3.05, 3.63) is 143 Å². The first kappa shape index (κ1) is 32.4. The van der Waals surface area contributed by atoms with Gasteiger partial charge in [0.2, 0.25) is 0 Å². The Bertz CT molecular complexity index is 2590. The molecule has 8 rings (SSSR count). The number of hydrogen-bond acceptors (Lipinski definition) is 1. The maximum Gasteiger partial charge on any atom is 0.136 e. The molecule has 0 aliphatic carbocycles. The molecule has 6 aromatic carbocycles. The molecule has 0 fully saturated rings. The molecule has 0 saturated carbocycles. The van der Waals surface area contributed by atoms with Crippen molar-refractivity contribution in [1.29, 1.82) is 5.26 Å². The molecule has 0 N–H and O–H groups in total. The predicted molar refractivity (Wildman–Crippen MR) is 203 cm³/mol. The van der Waals surface area contributed by atoms with Crippen LogP contribution in [-0.2, 0) is 10.8 Å². The zero-order valence-corrected chi connectivity index (χ0v) is 29.4. The minimum atomic E-state index is -1.02. The van der Waals surface area contributed by atoms with Crippen molar-refractivity contribution in [3.63, 3.8) is 0 Å². The summed E-state index contributed by atoms with van der Waals surface area (Å²) >= 11 is 0. The molecule has 2 aromatic heterocycles. The van der Waals surface area contributed by atoms with E-state index in [1.54, 1.807) is 12.1 Å². The molecule has 3 nitrogen and oxygen atoms in total. The Labute approximate surface area is 294 Å². The van der Waals surface area contributed by atoms with Crippen LogP contribution in [0.2, 0.25) is 0 Å². The van der Waals surface area contributed by atoms with Gasteiger partial charge in [-0.15, -0.1) is 0 Å². The summed E-state index contributed by atoms with van der Waals surface area (Å²) in [6, 6.07) is 35.8. The zero-order valence-electron chi connectivity index (χ0n) is 29.4. The van der Waals surface area contributed by atoms with Crippen LogP contribution < -0.4 is 0 Å². The highest BCUT2D eigenvalue weighted by Crippen LogP contribution is 2.42. The number of nitrogens with zero attached hydrogens (tertiary/aromatic N) is 3. The van der Waals surface area contributed by atoms with Crippen LogP contribution in [0.1, 0.15) is 58.2 Å². The van der Waals surface area contributed by atoms with E-state index < -0.39 is 17.5 Å². The smallest absolute Gasteiger partial charge is 0.136 e. The number of hydrogen-bond donors (Lipinski definition) is 0. The minimum Gasteiger partial charge on any atom is -0.308 e. The highest BCUT2D eigenvalue weighted by Gasteiger charge is 2.26. The van der Waals surface area contributed by atoms with Crippen molar-refractivity contribution in [3.8, 4) is 28.6 Å². The lowest BCUT2D eigenvalue weighted by molar-refractivity contribution is 0.548. The SMILES string of the molecule is CC(C)(C)c1ccc2c(c1)c1ccccc1n2-c1cc(-c2c(F)cc(F)cc2F)cc(-n2c3ccccc3c3cc(C(C)(C)C)ccc32)c1C#N. The Morgan fingerprint density at radius 3 is 1.33 bits per heavy atom. The van der Waals surface area contributed by atoms with Gasteiger partial charge in [0.25, 0.3) is 0 Å². The van der Waals surface area contributed by atoms with E-state index in [1.807, 2.05) is 45.5 Å². The lowest BCUT2D eigenvalue weighted by atomic mass is 9.86. The summed E-state index contributed by atoms with van der Waals surface area (Å²) in [4.78, 5) is 0. The molecule has 0 bridgehead atoms. The van der Waals surface area contributed by atoms with Gasteiger partial charge in [-0.3, -0.25) is 0 Å². The van der Waals surface area contributed by atoms with Crippen LogP contribution in [0, 0.1) is 28.8 Å². The van der Waals surface area contributed by atoms with Crippen molar-refractivity contribution in [2.45, 2.75) is 52.4 Å². The second-order valence-corrected chi connectivity index (χ2v) is 15.4. The van der Waals surface area contributed by atoms with E-state index in [2.05, 4.69) is 96.1 Å². The van der Waals surface area contributed by atoms with E-state index in [4.69, 9.17) is 0 Å². The Hall–Kier alpha value is -5.80. The van der Waals surface area contributed by atoms with E-state index in [-0.39, 0.29) is 22.0 Å². The fourth-order valence-corrected chi connectivity index (χ4v) is 7.44. The van der Waals surface area contributed by atoms with Crippen molar-refractivity contribution < 1.29 is 13.2 Å². The normalized spacial score (nSPS) is 12.4. The largest absolute Gasteiger partial charge is 0.308 e. The summed E-state index contributed by atoms with van der Waals surface area (Å²) in [6.45, 7) is 13.0. The van der Waals surface area contributed by atoms with Crippen LogP contribution in [0.4, 0.5) is 13.2 Å². The number of benzene rings is 6. The maximum absolute atomic E-state index is 15.7. The Morgan fingerprint density at radius 2 is 0.922 bits per heavy atom. The fourth-order valence-electron chi connectivity index (χ4n) is 7.44. The maximum atomic E-state index is 15.7. The third-order valence-corrected chi connectivity index (χ3v) is 10.1. The van der Waals surface area contributed by atoms with E-state index in [0.29, 0.717) is 29.1 Å². The molecule has 0 aliphatic rings. The van der Waals surface area contributed by atoms with Crippen LogP contribution in [0.3, 0.4) is 0 Å². The molecule has 0 atom stereocenters. The van der Waals surface area contributed by atoms with Gasteiger partial charge in [0.1, 0.15) is 29.1 Å². The molecule has 6 heteroatoms. The second kappa shape index (κ2) is 11.4. The minimum absolute atomic E-state index is 0.108. The van der Waals surface area contributed by atoms with Gasteiger partial charge in [-0.25, -0.2) is 13.2 Å². The summed E-state index contributed by atoms with van der Waals surface area (Å²) in [7, 11) is 0. The molecule has 252 valence electrons. The number of rotatable bonds is 3. The average molecular weight is 676 g/mol. The van der Waals surface area contributed by atoms with Crippen molar-refractivity contribution in [2.75, 3.05) is 0 Å². The number of halogens is 3. The molecular formula is C45H36F3N3. The quantitative estimate of drug-likeness (QED) is 0.183. The summed E-state index contributed by atoms with van der Waals surface area (Å²) in [5, 5.41) is 15.1. The summed E-state index contributed by atoms with van der Waals surface area (Å²) in [5.74, 6) is -3.05. The van der Waals surface area contributed by atoms with Gasteiger partial charge in [-0.05, 0) is 76.1 Å². The van der Waals surface area contributed by atoms with E-state index >= 15 is 8.78 Å². The van der Waals surface area contributed by atoms with Gasteiger partial charge < -0.3 is 9.13 Å². The van der Waals surface area contributed by atoms with Gasteiger partial charge in [-0.2, -0.15) is 5.26 Å². The van der Waals surface area contributed by atoms with Crippen molar-refractivity contribution >= 4 is 43.6 Å². The highest BCUT2D eigenvalue weighted by molar-refractivity contribution is 6.11. The molecule has 0 saturated heterocycles. The predicted octanol–water partition coefficient (Wildman–Crippen LogP) is 12.4. The standard InChI is InChI=1S/C45H36F3N3/c1-44(2,3)27-15-17-39-32(21-27)30-11-7-9-13-37(30)50(39)41-19-26(43-35(47)23-29(46)24-36(43)48)20-42(34(41)25-49)51-38-14-10-8-12-31(38)33-22-28(45(4,5)6)16-18-40(33)51/h7-24H,1-6H3. The number of para-hydroxylation sites is 2. The fraction of sp³-hybridized carbons (Fsp3) is 0.178. The van der Waals surface area contributed by atoms with Crippen molar-refractivity contribution in [1.82, 2.24) is 9.13 Å². The van der Waals surface area contributed by atoms with Crippen molar-refractivity contribution in [2.24, 2.45) is 0 Å². The van der Waals surface area contributed by atoms with Crippen LogP contribution >= 0.6 is 0 Å². The Morgan fingerprint density at radius 1 is 0.510 bits per heavy atom. The number of nitriles is 1. The molecule has 51 heavy (non-hydrogen) atoms. The lowest BCUT2D eigenvalue weighted by Gasteiger charge is -2.21. The lowest BCUT2D eigenvalue weighted by Crippen LogP contribution is -2.11. The number of fused-ring (bicyclic) bond motifs is 6. The molecule has 2 heterocycles. The zero-order chi connectivity index (χ0) is 36.0. The van der Waals surface area contributed by atoms with Gasteiger partial charge in [0, 0.05) is 33.7 Å². The molecule has 0 unspecified atom stereocenters. The third kappa shape index (κ3) is 5.10. The van der Waals surface area contributed by atoms with E-state index in [1.165, 1.54) is 0 Å². The number of aromatic nitrogens is 2. The van der Waals surface area contributed by atoms with Crippen LogP contribution in [0.5, 0.6) is 0 Å². The van der Waals surface area contributed by atoms with Gasteiger partial charge in [0.15, 0.2) is 0 Å². The average Bonchev–Trinajstić information content (AvgIpc) is 3.59. The molecular weight excluding hydrogens is 640 g/mol. The Kier molecular flexibility index (Phi) is 7.22.